The molecule has 4 fully saturated rings. The van der Waals surface area contributed by atoms with Crippen molar-refractivity contribution in [2.45, 2.75) is 102 Å². The number of nitrogens with one attached hydrogen (secondary N) is 3. The zero-order valence-electron chi connectivity index (χ0n) is 28.9. The first kappa shape index (κ1) is 34.1. The predicted octanol–water partition coefficient (Wildman–Crippen LogP) is 3.02. The smallest absolute Gasteiger partial charge is 0.270 e. The van der Waals surface area contributed by atoms with Crippen LogP contribution in [0.15, 0.2) is 24.5 Å². The highest BCUT2D eigenvalue weighted by molar-refractivity contribution is 5.92. The number of fused-ring (bicyclic) bond motifs is 1. The molecule has 12 heteroatoms. The van der Waals surface area contributed by atoms with Crippen molar-refractivity contribution < 1.29 is 24.2 Å². The Labute approximate surface area is 289 Å². The van der Waals surface area contributed by atoms with Crippen LogP contribution in [0, 0.1) is 18.8 Å². The first-order valence-electron chi connectivity index (χ1n) is 18.6. The van der Waals surface area contributed by atoms with Crippen LogP contribution in [0.4, 0.5) is 5.82 Å². The van der Waals surface area contributed by atoms with Crippen molar-refractivity contribution in [1.29, 1.82) is 0 Å². The van der Waals surface area contributed by atoms with Crippen LogP contribution in [0.5, 0.6) is 5.75 Å². The van der Waals surface area contributed by atoms with Gasteiger partial charge in [-0.3, -0.25) is 19.8 Å². The monoisotopic (exact) mass is 675 g/mol. The zero-order valence-corrected chi connectivity index (χ0v) is 28.9. The average Bonchev–Trinajstić information content (AvgIpc) is 3.36. The number of β-amino-alcohol motifs (C(OH)–C–C–N with tert-alkyl or cyclic N) is 1. The molecule has 0 radical (unpaired) electrons. The second kappa shape index (κ2) is 15.7. The van der Waals surface area contributed by atoms with E-state index in [4.69, 9.17) is 9.47 Å². The zero-order chi connectivity index (χ0) is 33.7. The molecule has 0 spiro atoms. The van der Waals surface area contributed by atoms with E-state index in [0.29, 0.717) is 24.9 Å². The van der Waals surface area contributed by atoms with Crippen molar-refractivity contribution in [3.8, 4) is 5.75 Å². The molecule has 1 aromatic carbocycles. The molecular weight excluding hydrogens is 622 g/mol. The van der Waals surface area contributed by atoms with Crippen LogP contribution < -0.4 is 20.7 Å². The minimum Gasteiger partial charge on any atom is -0.491 e. The molecule has 7 rings (SSSR count). The van der Waals surface area contributed by atoms with Crippen molar-refractivity contribution in [2.24, 2.45) is 11.8 Å². The Morgan fingerprint density at radius 1 is 1.10 bits per heavy atom. The van der Waals surface area contributed by atoms with E-state index in [1.54, 1.807) is 6.07 Å². The van der Waals surface area contributed by atoms with Gasteiger partial charge in [0.15, 0.2) is 0 Å². The Kier molecular flexibility index (Phi) is 10.9. The Morgan fingerprint density at radius 2 is 1.92 bits per heavy atom. The quantitative estimate of drug-likeness (QED) is 0.248. The standard InChI is InChI=1S/C37H53N7O5/c1-24-31-11-14-43(20-26(31)9-10-33(24)48-22-30-19-39-36(49-30)25-7-4-2-3-5-8-25)21-29(45)18-38-35(46)32-17-34(41-23-40-32)42-28-15-27(16-28)37(47)44-12-6-13-44/h9-10,17,23,25,27-30,36,39,45H,2-8,11-16,18-22H2,1H3,(H,38,46)(H,40,41,42)/t27-,28-,29-,30?,36?/m0/s1. The summed E-state index contributed by atoms with van der Waals surface area (Å²) in [7, 11) is 0. The van der Waals surface area contributed by atoms with Gasteiger partial charge < -0.3 is 30.1 Å². The molecule has 49 heavy (non-hydrogen) atoms. The van der Waals surface area contributed by atoms with E-state index in [0.717, 1.165) is 64.2 Å². The fraction of sp³-hybridized carbons (Fsp3) is 0.676. The van der Waals surface area contributed by atoms with Gasteiger partial charge in [0, 0.05) is 63.8 Å². The Balaban J connectivity index is 0.826. The summed E-state index contributed by atoms with van der Waals surface area (Å²) in [5.41, 5.74) is 4.01. The van der Waals surface area contributed by atoms with Crippen molar-refractivity contribution in [3.63, 3.8) is 0 Å². The molecule has 5 aliphatic rings. The highest BCUT2D eigenvalue weighted by Crippen LogP contribution is 2.33. The topological polar surface area (TPSA) is 141 Å². The lowest BCUT2D eigenvalue weighted by atomic mass is 9.79. The number of nitrogens with zero attached hydrogens (tertiary/aromatic N) is 4. The number of anilines is 1. The van der Waals surface area contributed by atoms with Crippen LogP contribution in [0.1, 0.15) is 85.0 Å². The van der Waals surface area contributed by atoms with Gasteiger partial charge in [0.05, 0.1) is 6.10 Å². The second-order valence-electron chi connectivity index (χ2n) is 14.8. The summed E-state index contributed by atoms with van der Waals surface area (Å²) in [6.07, 6.45) is 12.2. The molecule has 12 nitrogen and oxygen atoms in total. The maximum absolute atomic E-state index is 12.9. The van der Waals surface area contributed by atoms with Crippen molar-refractivity contribution in [2.75, 3.05) is 51.2 Å². The Bertz CT molecular complexity index is 1460. The summed E-state index contributed by atoms with van der Waals surface area (Å²) in [4.78, 5) is 37.8. The fourth-order valence-corrected chi connectivity index (χ4v) is 8.08. The highest BCUT2D eigenvalue weighted by Gasteiger charge is 2.38. The van der Waals surface area contributed by atoms with E-state index in [2.05, 4.69) is 49.9 Å². The van der Waals surface area contributed by atoms with E-state index >= 15 is 0 Å². The molecule has 3 atom stereocenters. The van der Waals surface area contributed by atoms with Crippen molar-refractivity contribution >= 4 is 17.6 Å². The lowest BCUT2D eigenvalue weighted by Gasteiger charge is -2.41. The van der Waals surface area contributed by atoms with E-state index in [-0.39, 0.29) is 48.3 Å². The number of likely N-dealkylation sites (tertiary alicyclic amines) is 1. The van der Waals surface area contributed by atoms with Gasteiger partial charge in [0.2, 0.25) is 5.91 Å². The van der Waals surface area contributed by atoms with Crippen molar-refractivity contribution in [1.82, 2.24) is 30.4 Å². The number of aromatic nitrogens is 2. The first-order chi connectivity index (χ1) is 23.9. The number of aliphatic hydroxyl groups excluding tert-OH is 1. The number of aliphatic hydroxyl groups is 1. The summed E-state index contributed by atoms with van der Waals surface area (Å²) in [6, 6.07) is 6.00. The van der Waals surface area contributed by atoms with E-state index in [1.807, 2.05) is 4.90 Å². The molecule has 2 aromatic rings. The lowest BCUT2D eigenvalue weighted by molar-refractivity contribution is -0.142. The first-order valence-corrected chi connectivity index (χ1v) is 18.6. The number of ether oxygens (including phenoxy) is 2. The molecule has 4 heterocycles. The molecule has 2 amide bonds. The molecule has 2 saturated carbocycles. The summed E-state index contributed by atoms with van der Waals surface area (Å²) in [5.74, 6) is 2.10. The van der Waals surface area contributed by atoms with E-state index < -0.39 is 6.10 Å². The van der Waals surface area contributed by atoms with Crippen LogP contribution in [0.2, 0.25) is 0 Å². The summed E-state index contributed by atoms with van der Waals surface area (Å²) in [5, 5.41) is 20.6. The average molecular weight is 676 g/mol. The number of benzene rings is 1. The largest absolute Gasteiger partial charge is 0.491 e. The maximum Gasteiger partial charge on any atom is 0.270 e. The number of carbonyl (C=O) groups is 2. The second-order valence-corrected chi connectivity index (χ2v) is 14.8. The molecular formula is C37H53N7O5. The number of amides is 2. The number of carbonyl (C=O) groups excluding carboxylic acids is 2. The van der Waals surface area contributed by atoms with Crippen LogP contribution in [-0.4, -0.2) is 107 Å². The summed E-state index contributed by atoms with van der Waals surface area (Å²) >= 11 is 0. The van der Waals surface area contributed by atoms with Crippen LogP contribution in [-0.2, 0) is 22.5 Å². The SMILES string of the molecule is Cc1c(OCC2CNC(C3CCCCCC3)O2)ccc2c1CCN(C[C@@H](O)CNC(=O)c1cc(N[C@H]3C[C@H](C(=O)N4CCC4)C3)ncn1)C2. The molecule has 2 unspecified atom stereocenters. The van der Waals surface area contributed by atoms with Crippen LogP contribution in [0.25, 0.3) is 0 Å². The van der Waals surface area contributed by atoms with Crippen LogP contribution >= 0.6 is 0 Å². The normalized spacial score (nSPS) is 26.5. The Morgan fingerprint density at radius 3 is 2.69 bits per heavy atom. The minimum absolute atomic E-state index is 0.0716. The lowest BCUT2D eigenvalue weighted by Crippen LogP contribution is -2.50. The molecule has 4 N–H and O–H groups in total. The van der Waals surface area contributed by atoms with Gasteiger partial charge in [-0.1, -0.05) is 31.7 Å². The van der Waals surface area contributed by atoms with Gasteiger partial charge in [-0.15, -0.1) is 0 Å². The van der Waals surface area contributed by atoms with Crippen LogP contribution in [0.3, 0.4) is 0 Å². The predicted molar refractivity (Wildman–Crippen MR) is 185 cm³/mol. The van der Waals surface area contributed by atoms with Gasteiger partial charge in [-0.25, -0.2) is 9.97 Å². The number of hydrogen-bond donors (Lipinski definition) is 4. The minimum atomic E-state index is -0.716. The van der Waals surface area contributed by atoms with Gasteiger partial charge in [-0.05, 0) is 74.1 Å². The summed E-state index contributed by atoms with van der Waals surface area (Å²) < 4.78 is 12.7. The van der Waals surface area contributed by atoms with Crippen molar-refractivity contribution in [3.05, 3.63) is 46.9 Å². The molecule has 3 aliphatic heterocycles. The molecule has 1 aromatic heterocycles. The Hall–Kier alpha value is -3.32. The van der Waals surface area contributed by atoms with E-state index in [9.17, 15) is 14.7 Å². The maximum atomic E-state index is 12.9. The van der Waals surface area contributed by atoms with Gasteiger partial charge in [-0.2, -0.15) is 0 Å². The molecule has 2 saturated heterocycles. The number of rotatable bonds is 12. The highest BCUT2D eigenvalue weighted by atomic mass is 16.6. The van der Waals surface area contributed by atoms with Gasteiger partial charge in [0.1, 0.15) is 42.5 Å². The van der Waals surface area contributed by atoms with Gasteiger partial charge >= 0.3 is 0 Å². The third-order valence-electron chi connectivity index (χ3n) is 11.2. The number of hydrogen-bond acceptors (Lipinski definition) is 10. The fourth-order valence-electron chi connectivity index (χ4n) is 8.08. The van der Waals surface area contributed by atoms with E-state index in [1.165, 1.54) is 61.5 Å². The molecule has 266 valence electrons. The van der Waals surface area contributed by atoms with Gasteiger partial charge in [0.25, 0.3) is 5.91 Å². The molecule has 0 bridgehead atoms. The third kappa shape index (κ3) is 8.36. The third-order valence-corrected chi connectivity index (χ3v) is 11.2. The molecule has 2 aliphatic carbocycles. The summed E-state index contributed by atoms with van der Waals surface area (Å²) in [6.45, 7) is 7.45.